The maximum absolute atomic E-state index is 12.7. The maximum atomic E-state index is 12.7. The summed E-state index contributed by atoms with van der Waals surface area (Å²) < 4.78 is 29.1. The predicted molar refractivity (Wildman–Crippen MR) is 98.9 cm³/mol. The highest BCUT2D eigenvalue weighted by Gasteiger charge is 2.34. The first-order chi connectivity index (χ1) is 11.9. The van der Waals surface area contributed by atoms with E-state index in [1.54, 1.807) is 40.5 Å². The molecule has 2 heterocycles. The molecule has 0 bridgehead atoms. The molecule has 1 aliphatic rings. The second-order valence-corrected chi connectivity index (χ2v) is 9.60. The van der Waals surface area contributed by atoms with E-state index in [9.17, 15) is 13.2 Å². The van der Waals surface area contributed by atoms with Crippen molar-refractivity contribution in [3.05, 3.63) is 51.7 Å². The topological polar surface area (TPSA) is 63.7 Å². The van der Waals surface area contributed by atoms with E-state index in [0.717, 1.165) is 4.88 Å². The minimum absolute atomic E-state index is 0.0189. The van der Waals surface area contributed by atoms with E-state index in [0.29, 0.717) is 23.7 Å². The SMILES string of the molecule is O=C(COc1ccc(Cl)cc1)N(Cc1cccs1)[C@H]1CCS(=O)(=O)C1. The van der Waals surface area contributed by atoms with Gasteiger partial charge in [0.1, 0.15) is 5.75 Å². The zero-order valence-corrected chi connectivity index (χ0v) is 15.8. The van der Waals surface area contributed by atoms with Crippen molar-refractivity contribution in [2.75, 3.05) is 18.1 Å². The Kier molecular flexibility index (Phi) is 5.66. The molecule has 1 amide bonds. The number of carbonyl (C=O) groups is 1. The quantitative estimate of drug-likeness (QED) is 0.749. The van der Waals surface area contributed by atoms with Gasteiger partial charge in [-0.05, 0) is 42.1 Å². The Morgan fingerprint density at radius 2 is 2.04 bits per heavy atom. The zero-order chi connectivity index (χ0) is 17.9. The summed E-state index contributed by atoms with van der Waals surface area (Å²) in [7, 11) is -3.07. The number of sulfone groups is 1. The standard InChI is InChI=1S/C17H18ClNO4S2/c18-13-3-5-15(6-4-13)23-11-17(20)19(10-16-2-1-8-24-16)14-7-9-25(21,22)12-14/h1-6,8,14H,7,9-12H2/t14-/m0/s1. The van der Waals surface area contributed by atoms with Crippen LogP contribution in [0.3, 0.4) is 0 Å². The van der Waals surface area contributed by atoms with Gasteiger partial charge in [0.15, 0.2) is 16.4 Å². The molecule has 1 aromatic heterocycles. The van der Waals surface area contributed by atoms with Crippen molar-refractivity contribution in [3.8, 4) is 5.75 Å². The van der Waals surface area contributed by atoms with Crippen LogP contribution < -0.4 is 4.74 Å². The maximum Gasteiger partial charge on any atom is 0.261 e. The lowest BCUT2D eigenvalue weighted by Gasteiger charge is -2.27. The van der Waals surface area contributed by atoms with E-state index < -0.39 is 9.84 Å². The van der Waals surface area contributed by atoms with Crippen LogP contribution in [0.2, 0.25) is 5.02 Å². The monoisotopic (exact) mass is 399 g/mol. The lowest BCUT2D eigenvalue weighted by atomic mass is 10.2. The number of hydrogen-bond donors (Lipinski definition) is 0. The predicted octanol–water partition coefficient (Wildman–Crippen LogP) is 3.00. The molecule has 5 nitrogen and oxygen atoms in total. The molecule has 1 aromatic carbocycles. The average molecular weight is 400 g/mol. The first-order valence-electron chi connectivity index (χ1n) is 7.83. The number of ether oxygens (including phenoxy) is 1. The minimum atomic E-state index is -3.07. The number of nitrogens with zero attached hydrogens (tertiary/aromatic N) is 1. The fourth-order valence-corrected chi connectivity index (χ4v) is 5.33. The molecule has 25 heavy (non-hydrogen) atoms. The van der Waals surface area contributed by atoms with Crippen LogP contribution in [0, 0.1) is 0 Å². The summed E-state index contributed by atoms with van der Waals surface area (Å²) in [6.45, 7) is 0.268. The molecule has 0 radical (unpaired) electrons. The number of carbonyl (C=O) groups excluding carboxylic acids is 1. The molecule has 2 aromatic rings. The highest BCUT2D eigenvalue weighted by Crippen LogP contribution is 2.22. The van der Waals surface area contributed by atoms with Gasteiger partial charge in [0, 0.05) is 15.9 Å². The molecular weight excluding hydrogens is 382 g/mol. The van der Waals surface area contributed by atoms with Crippen LogP contribution in [0.25, 0.3) is 0 Å². The van der Waals surface area contributed by atoms with E-state index in [1.807, 2.05) is 17.5 Å². The van der Waals surface area contributed by atoms with Crippen LogP contribution in [0.4, 0.5) is 0 Å². The van der Waals surface area contributed by atoms with Crippen molar-refractivity contribution in [3.63, 3.8) is 0 Å². The van der Waals surface area contributed by atoms with Crippen molar-refractivity contribution in [1.29, 1.82) is 0 Å². The molecule has 1 saturated heterocycles. The van der Waals surface area contributed by atoms with Gasteiger partial charge in [-0.25, -0.2) is 8.42 Å². The van der Waals surface area contributed by atoms with Crippen molar-refractivity contribution in [2.24, 2.45) is 0 Å². The second-order valence-electron chi connectivity index (χ2n) is 5.90. The number of thiophene rings is 1. The number of amides is 1. The fourth-order valence-electron chi connectivity index (χ4n) is 2.77. The van der Waals surface area contributed by atoms with Crippen molar-refractivity contribution in [1.82, 2.24) is 4.90 Å². The third-order valence-electron chi connectivity index (χ3n) is 4.05. The lowest BCUT2D eigenvalue weighted by Crippen LogP contribution is -2.42. The van der Waals surface area contributed by atoms with Gasteiger partial charge in [0.2, 0.25) is 0 Å². The van der Waals surface area contributed by atoms with E-state index in [2.05, 4.69) is 0 Å². The zero-order valence-electron chi connectivity index (χ0n) is 13.4. The largest absolute Gasteiger partial charge is 0.484 e. The Balaban J connectivity index is 1.69. The van der Waals surface area contributed by atoms with Crippen LogP contribution in [0.15, 0.2) is 41.8 Å². The minimum Gasteiger partial charge on any atom is -0.484 e. The van der Waals surface area contributed by atoms with Crippen LogP contribution in [0.5, 0.6) is 5.75 Å². The molecule has 0 N–H and O–H groups in total. The van der Waals surface area contributed by atoms with Crippen LogP contribution >= 0.6 is 22.9 Å². The van der Waals surface area contributed by atoms with Crippen molar-refractivity contribution < 1.29 is 17.9 Å². The Morgan fingerprint density at radius 1 is 1.28 bits per heavy atom. The third kappa shape index (κ3) is 4.96. The van der Waals surface area contributed by atoms with Gasteiger partial charge in [-0.15, -0.1) is 11.3 Å². The first-order valence-corrected chi connectivity index (χ1v) is 10.9. The smallest absolute Gasteiger partial charge is 0.261 e. The number of hydrogen-bond acceptors (Lipinski definition) is 5. The summed E-state index contributed by atoms with van der Waals surface area (Å²) in [6.07, 6.45) is 0.473. The molecule has 0 aliphatic carbocycles. The Bertz CT molecular complexity index is 819. The van der Waals surface area contributed by atoms with Crippen LogP contribution in [-0.4, -0.2) is 43.4 Å². The molecule has 3 rings (SSSR count). The van der Waals surface area contributed by atoms with E-state index in [1.165, 1.54) is 0 Å². The van der Waals surface area contributed by atoms with Gasteiger partial charge < -0.3 is 9.64 Å². The normalized spacial score (nSPS) is 18.8. The van der Waals surface area contributed by atoms with Gasteiger partial charge >= 0.3 is 0 Å². The Morgan fingerprint density at radius 3 is 2.64 bits per heavy atom. The third-order valence-corrected chi connectivity index (χ3v) is 6.92. The molecule has 8 heteroatoms. The van der Waals surface area contributed by atoms with E-state index >= 15 is 0 Å². The summed E-state index contributed by atoms with van der Waals surface area (Å²) in [4.78, 5) is 15.3. The molecule has 134 valence electrons. The molecule has 0 saturated carbocycles. The molecule has 1 aliphatic heterocycles. The summed E-state index contributed by atoms with van der Waals surface area (Å²) in [6, 6.07) is 10.3. The van der Waals surface area contributed by atoms with Crippen molar-refractivity contribution >= 4 is 38.7 Å². The van der Waals surface area contributed by atoms with Gasteiger partial charge in [0.05, 0.1) is 18.1 Å². The fraction of sp³-hybridized carbons (Fsp3) is 0.353. The summed E-state index contributed by atoms with van der Waals surface area (Å²) >= 11 is 7.38. The van der Waals surface area contributed by atoms with Crippen LogP contribution in [-0.2, 0) is 21.2 Å². The Hall–Kier alpha value is -1.57. The highest BCUT2D eigenvalue weighted by molar-refractivity contribution is 7.91. The van der Waals surface area contributed by atoms with Gasteiger partial charge in [0.25, 0.3) is 5.91 Å². The lowest BCUT2D eigenvalue weighted by molar-refractivity contribution is -0.135. The second kappa shape index (κ2) is 7.76. The number of benzene rings is 1. The average Bonchev–Trinajstić information content (AvgIpc) is 3.21. The van der Waals surface area contributed by atoms with E-state index in [4.69, 9.17) is 16.3 Å². The van der Waals surface area contributed by atoms with Gasteiger partial charge in [-0.3, -0.25) is 4.79 Å². The molecule has 0 unspecified atom stereocenters. The van der Waals surface area contributed by atoms with Gasteiger partial charge in [-0.2, -0.15) is 0 Å². The van der Waals surface area contributed by atoms with E-state index in [-0.39, 0.29) is 30.1 Å². The van der Waals surface area contributed by atoms with Crippen molar-refractivity contribution in [2.45, 2.75) is 19.0 Å². The molecular formula is C17H18ClNO4S2. The van der Waals surface area contributed by atoms with Crippen LogP contribution in [0.1, 0.15) is 11.3 Å². The molecule has 0 spiro atoms. The number of rotatable bonds is 6. The summed E-state index contributed by atoms with van der Waals surface area (Å²) in [5.74, 6) is 0.480. The first kappa shape index (κ1) is 18.2. The number of halogens is 1. The Labute approximate surface area is 156 Å². The molecule has 1 fully saturated rings. The summed E-state index contributed by atoms with van der Waals surface area (Å²) in [5, 5.41) is 2.53. The summed E-state index contributed by atoms with van der Waals surface area (Å²) in [5.41, 5.74) is 0. The highest BCUT2D eigenvalue weighted by atomic mass is 35.5. The molecule has 1 atom stereocenters. The van der Waals surface area contributed by atoms with Gasteiger partial charge in [-0.1, -0.05) is 17.7 Å².